The number of sulfone groups is 1. The molecule has 5 nitrogen and oxygen atoms in total. The second-order valence-corrected chi connectivity index (χ2v) is 10.8. The third-order valence-electron chi connectivity index (χ3n) is 5.78. The first-order chi connectivity index (χ1) is 14.4. The number of halogens is 1. The number of hydrogen-bond acceptors (Lipinski definition) is 5. The monoisotopic (exact) mass is 489 g/mol. The number of allylic oxidation sites excluding steroid dienone is 1. The van der Waals surface area contributed by atoms with Gasteiger partial charge in [0, 0.05) is 16.2 Å². The van der Waals surface area contributed by atoms with E-state index in [0.29, 0.717) is 18.4 Å². The van der Waals surface area contributed by atoms with Crippen LogP contribution in [0.15, 0.2) is 58.2 Å². The molecule has 7 heteroatoms. The number of aromatic nitrogens is 1. The minimum Gasteiger partial charge on any atom is -0.507 e. The van der Waals surface area contributed by atoms with Crippen molar-refractivity contribution in [3.8, 4) is 5.75 Å². The van der Waals surface area contributed by atoms with Gasteiger partial charge in [-0.3, -0.25) is 4.98 Å². The van der Waals surface area contributed by atoms with Crippen LogP contribution in [-0.4, -0.2) is 42.2 Å². The Morgan fingerprint density at radius 2 is 2.17 bits per heavy atom. The molecule has 158 valence electrons. The van der Waals surface area contributed by atoms with Crippen molar-refractivity contribution in [2.24, 2.45) is 0 Å². The third-order valence-corrected chi connectivity index (χ3v) is 8.28. The summed E-state index contributed by atoms with van der Waals surface area (Å²) in [5.74, 6) is 0.361. The third kappa shape index (κ3) is 4.24. The number of fused-ring (bicyclic) bond motifs is 1. The highest BCUT2D eigenvalue weighted by molar-refractivity contribution is 9.10. The van der Waals surface area contributed by atoms with Crippen molar-refractivity contribution in [1.82, 2.24) is 4.98 Å². The van der Waals surface area contributed by atoms with Crippen molar-refractivity contribution >= 4 is 37.4 Å². The number of nitrogens with zero attached hydrogens (tertiary/aromatic N) is 1. The van der Waals surface area contributed by atoms with Crippen LogP contribution in [0, 0.1) is 0 Å². The summed E-state index contributed by atoms with van der Waals surface area (Å²) in [6.45, 7) is 2.26. The van der Waals surface area contributed by atoms with Crippen LogP contribution in [0.25, 0.3) is 11.6 Å². The van der Waals surface area contributed by atoms with E-state index in [1.807, 2.05) is 37.3 Å². The van der Waals surface area contributed by atoms with Gasteiger partial charge in [0.15, 0.2) is 9.84 Å². The average molecular weight is 490 g/mol. The maximum absolute atomic E-state index is 12.5. The summed E-state index contributed by atoms with van der Waals surface area (Å²) < 4.78 is 31.7. The molecule has 3 heterocycles. The molecule has 2 aromatic rings. The Balaban J connectivity index is 1.63. The highest BCUT2D eigenvalue weighted by Gasteiger charge is 2.46. The van der Waals surface area contributed by atoms with E-state index in [9.17, 15) is 13.5 Å². The van der Waals surface area contributed by atoms with E-state index in [-0.39, 0.29) is 24.2 Å². The van der Waals surface area contributed by atoms with Crippen molar-refractivity contribution in [3.63, 3.8) is 0 Å². The molecule has 30 heavy (non-hydrogen) atoms. The van der Waals surface area contributed by atoms with Crippen LogP contribution < -0.4 is 0 Å². The summed E-state index contributed by atoms with van der Waals surface area (Å²) in [4.78, 5) is 4.48. The lowest BCUT2D eigenvalue weighted by molar-refractivity contribution is 0.118. The standard InChI is InChI=1S/C23H24BrNO4S/c1-2-15-14-30(27,28)22-13-29-21(23(15)22)9-6-16(19-5-3-4-10-25-19)11-17-12-18(24)7-8-20(17)26/h3-5,7-8,10-12,21-22,26H,2,6,9,13-14H2,1H3/b16-11-/t21-,22+/m1/s1. The second kappa shape index (κ2) is 8.65. The fraction of sp³-hybridized carbons (Fsp3) is 0.348. The van der Waals surface area contributed by atoms with Crippen LogP contribution in [0.2, 0.25) is 0 Å². The van der Waals surface area contributed by atoms with Gasteiger partial charge in [0.2, 0.25) is 0 Å². The number of phenols is 1. The van der Waals surface area contributed by atoms with Crippen molar-refractivity contribution < 1.29 is 18.3 Å². The number of rotatable bonds is 6. The van der Waals surface area contributed by atoms with Gasteiger partial charge in [-0.25, -0.2) is 8.42 Å². The van der Waals surface area contributed by atoms with Crippen LogP contribution in [0.1, 0.15) is 37.4 Å². The fourth-order valence-electron chi connectivity index (χ4n) is 4.26. The maximum atomic E-state index is 12.5. The first kappa shape index (κ1) is 21.3. The predicted molar refractivity (Wildman–Crippen MR) is 122 cm³/mol. The van der Waals surface area contributed by atoms with Gasteiger partial charge in [-0.1, -0.05) is 34.5 Å². The molecule has 1 N–H and O–H groups in total. The van der Waals surface area contributed by atoms with E-state index in [1.54, 1.807) is 18.3 Å². The van der Waals surface area contributed by atoms with Crippen molar-refractivity contribution in [2.45, 2.75) is 37.5 Å². The van der Waals surface area contributed by atoms with E-state index in [0.717, 1.165) is 33.3 Å². The number of benzene rings is 1. The Morgan fingerprint density at radius 1 is 1.33 bits per heavy atom. The topological polar surface area (TPSA) is 76.5 Å². The van der Waals surface area contributed by atoms with Crippen LogP contribution >= 0.6 is 15.9 Å². The molecule has 0 unspecified atom stereocenters. The lowest BCUT2D eigenvalue weighted by Gasteiger charge is -2.15. The molecule has 1 aromatic carbocycles. The Hall–Kier alpha value is -1.96. The summed E-state index contributed by atoms with van der Waals surface area (Å²) in [6.07, 6.45) is 5.55. The molecular formula is C23H24BrNO4S. The Morgan fingerprint density at radius 3 is 2.90 bits per heavy atom. The van der Waals surface area contributed by atoms with Gasteiger partial charge in [0.25, 0.3) is 0 Å². The van der Waals surface area contributed by atoms with Crippen molar-refractivity contribution in [2.75, 3.05) is 12.4 Å². The van der Waals surface area contributed by atoms with Gasteiger partial charge in [-0.05, 0) is 66.8 Å². The number of phenolic OH excluding ortho intramolecular Hbond substituents is 1. The Labute approximate surface area is 185 Å². The summed E-state index contributed by atoms with van der Waals surface area (Å²) in [5.41, 5.74) is 4.48. The Bertz CT molecular complexity index is 1110. The molecule has 0 bridgehead atoms. The minimum atomic E-state index is -3.13. The number of aromatic hydroxyl groups is 1. The van der Waals surface area contributed by atoms with Gasteiger partial charge in [-0.2, -0.15) is 0 Å². The van der Waals surface area contributed by atoms with Crippen LogP contribution in [0.3, 0.4) is 0 Å². The van der Waals surface area contributed by atoms with Crippen molar-refractivity contribution in [1.29, 1.82) is 0 Å². The molecule has 1 saturated heterocycles. The molecule has 0 saturated carbocycles. The van der Waals surface area contributed by atoms with E-state index in [2.05, 4.69) is 20.9 Å². The van der Waals surface area contributed by atoms with Gasteiger partial charge >= 0.3 is 0 Å². The van der Waals surface area contributed by atoms with E-state index < -0.39 is 15.1 Å². The smallest absolute Gasteiger partial charge is 0.163 e. The minimum absolute atomic E-state index is 0.165. The van der Waals surface area contributed by atoms with Crippen LogP contribution in [0.4, 0.5) is 0 Å². The summed E-state index contributed by atoms with van der Waals surface area (Å²) in [5, 5.41) is 9.80. The van der Waals surface area contributed by atoms with E-state index >= 15 is 0 Å². The first-order valence-corrected chi connectivity index (χ1v) is 12.6. The van der Waals surface area contributed by atoms with E-state index in [1.165, 1.54) is 0 Å². The molecule has 0 radical (unpaired) electrons. The Kier molecular flexibility index (Phi) is 6.14. The normalized spacial score (nSPS) is 23.1. The SMILES string of the molecule is CCC1=C2[C@@H](CC/C(=C/c3cc(Br)ccc3O)c3ccccn3)OC[C@@H]2S(=O)(=O)C1. The van der Waals surface area contributed by atoms with Crippen LogP contribution in [-0.2, 0) is 14.6 Å². The highest BCUT2D eigenvalue weighted by atomic mass is 79.9. The highest BCUT2D eigenvalue weighted by Crippen LogP contribution is 2.40. The fourth-order valence-corrected chi connectivity index (χ4v) is 6.68. The molecule has 2 aliphatic heterocycles. The molecular weight excluding hydrogens is 466 g/mol. The quantitative estimate of drug-likeness (QED) is 0.591. The predicted octanol–water partition coefficient (Wildman–Crippen LogP) is 4.77. The molecule has 2 aliphatic rings. The zero-order chi connectivity index (χ0) is 21.3. The second-order valence-electron chi connectivity index (χ2n) is 7.66. The molecule has 0 amide bonds. The molecule has 1 fully saturated rings. The zero-order valence-electron chi connectivity index (χ0n) is 16.7. The zero-order valence-corrected chi connectivity index (χ0v) is 19.1. The molecule has 0 spiro atoms. The lowest BCUT2D eigenvalue weighted by Crippen LogP contribution is -2.19. The largest absolute Gasteiger partial charge is 0.507 e. The molecule has 1 aromatic heterocycles. The molecule has 0 aliphatic carbocycles. The van der Waals surface area contributed by atoms with Crippen LogP contribution in [0.5, 0.6) is 5.75 Å². The lowest BCUT2D eigenvalue weighted by atomic mass is 9.94. The molecule has 4 rings (SSSR count). The number of ether oxygens (including phenoxy) is 1. The van der Waals surface area contributed by atoms with Gasteiger partial charge in [-0.15, -0.1) is 0 Å². The van der Waals surface area contributed by atoms with Crippen molar-refractivity contribution in [3.05, 3.63) is 69.5 Å². The molecule has 2 atom stereocenters. The maximum Gasteiger partial charge on any atom is 0.163 e. The summed E-state index contributed by atoms with van der Waals surface area (Å²) >= 11 is 3.45. The van der Waals surface area contributed by atoms with Gasteiger partial charge < -0.3 is 9.84 Å². The van der Waals surface area contributed by atoms with E-state index in [4.69, 9.17) is 4.74 Å². The number of pyridine rings is 1. The average Bonchev–Trinajstić information content (AvgIpc) is 3.27. The van der Waals surface area contributed by atoms with Gasteiger partial charge in [0.1, 0.15) is 11.0 Å². The number of hydrogen-bond donors (Lipinski definition) is 1. The van der Waals surface area contributed by atoms with Gasteiger partial charge in [0.05, 0.1) is 24.2 Å². The first-order valence-electron chi connectivity index (χ1n) is 10.0. The summed E-state index contributed by atoms with van der Waals surface area (Å²) in [6, 6.07) is 11.0. The summed E-state index contributed by atoms with van der Waals surface area (Å²) in [7, 11) is -3.13.